The van der Waals surface area contributed by atoms with Crippen molar-refractivity contribution < 1.29 is 14.3 Å². The molecule has 0 saturated carbocycles. The minimum Gasteiger partial charge on any atom is -0.483 e. The van der Waals surface area contributed by atoms with Gasteiger partial charge in [0.1, 0.15) is 5.75 Å². The van der Waals surface area contributed by atoms with Gasteiger partial charge in [-0.05, 0) is 32.0 Å². The molecule has 5 heteroatoms. The predicted octanol–water partition coefficient (Wildman–Crippen LogP) is 2.40. The van der Waals surface area contributed by atoms with E-state index < -0.39 is 0 Å². The van der Waals surface area contributed by atoms with E-state index in [0.717, 1.165) is 0 Å². The normalized spacial score (nSPS) is 9.94. The Bertz CT molecular complexity index is 430. The molecule has 0 radical (unpaired) electrons. The second-order valence-electron chi connectivity index (χ2n) is 3.65. The van der Waals surface area contributed by atoms with Crippen LogP contribution in [0.15, 0.2) is 18.2 Å². The zero-order valence-electron chi connectivity index (χ0n) is 10.5. The first-order valence-corrected chi connectivity index (χ1v) is 6.15. The van der Waals surface area contributed by atoms with Crippen molar-refractivity contribution in [2.75, 3.05) is 19.7 Å². The molecule has 0 fully saturated rings. The number of ether oxygens (including phenoxy) is 1. The number of carbonyl (C=O) groups excluding carboxylic acids is 2. The van der Waals surface area contributed by atoms with Crippen molar-refractivity contribution in [3.63, 3.8) is 0 Å². The monoisotopic (exact) mass is 269 g/mol. The van der Waals surface area contributed by atoms with Crippen LogP contribution in [0.2, 0.25) is 5.02 Å². The van der Waals surface area contributed by atoms with E-state index in [1.54, 1.807) is 17.0 Å². The van der Waals surface area contributed by atoms with Crippen molar-refractivity contribution in [1.29, 1.82) is 0 Å². The summed E-state index contributed by atoms with van der Waals surface area (Å²) in [6.45, 7) is 5.00. The molecule has 0 spiro atoms. The molecule has 0 unspecified atom stereocenters. The number of halogens is 1. The molecule has 1 aromatic rings. The first-order chi connectivity index (χ1) is 8.62. The maximum atomic E-state index is 11.7. The highest BCUT2D eigenvalue weighted by atomic mass is 35.5. The van der Waals surface area contributed by atoms with Crippen LogP contribution in [-0.4, -0.2) is 36.8 Å². The van der Waals surface area contributed by atoms with Gasteiger partial charge in [0.2, 0.25) is 0 Å². The second-order valence-corrected chi connectivity index (χ2v) is 4.09. The van der Waals surface area contributed by atoms with E-state index in [-0.39, 0.29) is 12.5 Å². The van der Waals surface area contributed by atoms with Gasteiger partial charge in [-0.3, -0.25) is 9.59 Å². The number of amides is 1. The van der Waals surface area contributed by atoms with Gasteiger partial charge in [-0.1, -0.05) is 11.6 Å². The lowest BCUT2D eigenvalue weighted by Gasteiger charge is -2.19. The van der Waals surface area contributed by atoms with E-state index in [1.807, 2.05) is 13.8 Å². The lowest BCUT2D eigenvalue weighted by molar-refractivity contribution is -0.132. The van der Waals surface area contributed by atoms with Crippen LogP contribution in [0.25, 0.3) is 0 Å². The number of hydrogen-bond donors (Lipinski definition) is 0. The van der Waals surface area contributed by atoms with Crippen molar-refractivity contribution in [2.45, 2.75) is 13.8 Å². The minimum atomic E-state index is -0.105. The number of rotatable bonds is 6. The molecule has 0 aliphatic carbocycles. The maximum Gasteiger partial charge on any atom is 0.260 e. The Morgan fingerprint density at radius 1 is 1.39 bits per heavy atom. The van der Waals surface area contributed by atoms with Crippen LogP contribution in [-0.2, 0) is 4.79 Å². The molecule has 1 rings (SSSR count). The van der Waals surface area contributed by atoms with Crippen molar-refractivity contribution in [3.05, 3.63) is 28.8 Å². The van der Waals surface area contributed by atoms with E-state index in [4.69, 9.17) is 16.3 Å². The van der Waals surface area contributed by atoms with E-state index in [1.165, 1.54) is 6.07 Å². The predicted molar refractivity (Wildman–Crippen MR) is 70.3 cm³/mol. The molecule has 0 atom stereocenters. The Labute approximate surface area is 111 Å². The van der Waals surface area contributed by atoms with Crippen LogP contribution in [0, 0.1) is 0 Å². The summed E-state index contributed by atoms with van der Waals surface area (Å²) in [7, 11) is 0. The van der Waals surface area contributed by atoms with Gasteiger partial charge in [-0.15, -0.1) is 0 Å². The summed E-state index contributed by atoms with van der Waals surface area (Å²) in [5, 5.41) is 0.458. The molecule has 4 nitrogen and oxygen atoms in total. The number of benzene rings is 1. The lowest BCUT2D eigenvalue weighted by atomic mass is 10.2. The van der Waals surface area contributed by atoms with E-state index in [2.05, 4.69) is 0 Å². The van der Waals surface area contributed by atoms with Crippen molar-refractivity contribution in [2.24, 2.45) is 0 Å². The van der Waals surface area contributed by atoms with E-state index in [0.29, 0.717) is 35.7 Å². The molecule has 1 amide bonds. The summed E-state index contributed by atoms with van der Waals surface area (Å²) in [6, 6.07) is 4.71. The third-order valence-corrected chi connectivity index (χ3v) is 2.80. The average molecular weight is 270 g/mol. The average Bonchev–Trinajstić information content (AvgIpc) is 2.38. The largest absolute Gasteiger partial charge is 0.483 e. The molecule has 0 saturated heterocycles. The van der Waals surface area contributed by atoms with Gasteiger partial charge in [0, 0.05) is 18.1 Å². The summed E-state index contributed by atoms with van der Waals surface area (Å²) >= 11 is 5.76. The maximum absolute atomic E-state index is 11.7. The van der Waals surface area contributed by atoms with Gasteiger partial charge >= 0.3 is 0 Å². The van der Waals surface area contributed by atoms with Crippen molar-refractivity contribution in [1.82, 2.24) is 4.90 Å². The smallest absolute Gasteiger partial charge is 0.260 e. The SMILES string of the molecule is CCN(CC)C(=O)COc1ccc(Cl)cc1C=O. The van der Waals surface area contributed by atoms with E-state index in [9.17, 15) is 9.59 Å². The molecular formula is C13H16ClNO3. The number of aldehydes is 1. The summed E-state index contributed by atoms with van der Waals surface area (Å²) in [5.41, 5.74) is 0.342. The molecule has 98 valence electrons. The summed E-state index contributed by atoms with van der Waals surface area (Å²) in [5.74, 6) is 0.265. The Kier molecular flexibility index (Phi) is 5.65. The first kappa shape index (κ1) is 14.5. The molecular weight excluding hydrogens is 254 g/mol. The molecule has 0 N–H and O–H groups in total. The summed E-state index contributed by atoms with van der Waals surface area (Å²) < 4.78 is 5.35. The number of carbonyl (C=O) groups is 2. The highest BCUT2D eigenvalue weighted by molar-refractivity contribution is 6.30. The van der Waals surface area contributed by atoms with Gasteiger partial charge < -0.3 is 9.64 Å². The molecule has 0 aliphatic heterocycles. The number of hydrogen-bond acceptors (Lipinski definition) is 3. The van der Waals surface area contributed by atoms with Gasteiger partial charge in [-0.25, -0.2) is 0 Å². The fourth-order valence-electron chi connectivity index (χ4n) is 1.55. The summed E-state index contributed by atoms with van der Waals surface area (Å²) in [6.07, 6.45) is 0.656. The van der Waals surface area contributed by atoms with Gasteiger partial charge in [0.05, 0.1) is 5.56 Å². The van der Waals surface area contributed by atoms with Crippen LogP contribution >= 0.6 is 11.6 Å². The van der Waals surface area contributed by atoms with Crippen LogP contribution in [0.3, 0.4) is 0 Å². The number of likely N-dealkylation sites (N-methyl/N-ethyl adjacent to an activating group) is 1. The van der Waals surface area contributed by atoms with Crippen LogP contribution < -0.4 is 4.74 Å². The Morgan fingerprint density at radius 3 is 2.61 bits per heavy atom. The number of nitrogens with zero attached hydrogens (tertiary/aromatic N) is 1. The first-order valence-electron chi connectivity index (χ1n) is 5.77. The molecule has 0 heterocycles. The molecule has 18 heavy (non-hydrogen) atoms. The fraction of sp³-hybridized carbons (Fsp3) is 0.385. The molecule has 0 bridgehead atoms. The highest BCUT2D eigenvalue weighted by Gasteiger charge is 2.11. The minimum absolute atomic E-state index is 0.0792. The van der Waals surface area contributed by atoms with E-state index >= 15 is 0 Å². The zero-order chi connectivity index (χ0) is 13.5. The molecule has 0 aromatic heterocycles. The second kappa shape index (κ2) is 7.01. The quantitative estimate of drug-likeness (QED) is 0.745. The zero-order valence-corrected chi connectivity index (χ0v) is 11.2. The Balaban J connectivity index is 2.69. The highest BCUT2D eigenvalue weighted by Crippen LogP contribution is 2.21. The van der Waals surface area contributed by atoms with Gasteiger partial charge in [0.25, 0.3) is 5.91 Å². The fourth-order valence-corrected chi connectivity index (χ4v) is 1.73. The Morgan fingerprint density at radius 2 is 2.06 bits per heavy atom. The van der Waals surface area contributed by atoms with Crippen LogP contribution in [0.5, 0.6) is 5.75 Å². The van der Waals surface area contributed by atoms with Gasteiger partial charge in [-0.2, -0.15) is 0 Å². The topological polar surface area (TPSA) is 46.6 Å². The Hall–Kier alpha value is -1.55. The molecule has 1 aromatic carbocycles. The third-order valence-electron chi connectivity index (χ3n) is 2.57. The van der Waals surface area contributed by atoms with Crippen molar-refractivity contribution >= 4 is 23.8 Å². The molecule has 0 aliphatic rings. The van der Waals surface area contributed by atoms with Crippen LogP contribution in [0.4, 0.5) is 0 Å². The third kappa shape index (κ3) is 3.74. The van der Waals surface area contributed by atoms with Crippen LogP contribution in [0.1, 0.15) is 24.2 Å². The van der Waals surface area contributed by atoms with Gasteiger partial charge in [0.15, 0.2) is 12.9 Å². The lowest BCUT2D eigenvalue weighted by Crippen LogP contribution is -2.34. The summed E-state index contributed by atoms with van der Waals surface area (Å²) in [4.78, 5) is 24.2. The standard InChI is InChI=1S/C13H16ClNO3/c1-3-15(4-2)13(17)9-18-12-6-5-11(14)7-10(12)8-16/h5-8H,3-4,9H2,1-2H3. The van der Waals surface area contributed by atoms with Crippen molar-refractivity contribution in [3.8, 4) is 5.75 Å².